The van der Waals surface area contributed by atoms with Crippen molar-refractivity contribution in [2.75, 3.05) is 0 Å². The molecule has 136 valence electrons. The van der Waals surface area contributed by atoms with E-state index in [9.17, 15) is 19.7 Å². The number of hydrogen-bond acceptors (Lipinski definition) is 4. The van der Waals surface area contributed by atoms with E-state index in [-0.39, 0.29) is 11.3 Å². The van der Waals surface area contributed by atoms with E-state index < -0.39 is 22.3 Å². The van der Waals surface area contributed by atoms with Crippen LogP contribution in [0.1, 0.15) is 47.1 Å². The molecule has 2 aromatic rings. The van der Waals surface area contributed by atoms with Gasteiger partial charge in [0.05, 0.1) is 10.5 Å². The van der Waals surface area contributed by atoms with Crippen LogP contribution >= 0.6 is 0 Å². The molecule has 26 heavy (non-hydrogen) atoms. The molecule has 0 saturated carbocycles. The summed E-state index contributed by atoms with van der Waals surface area (Å²) in [5.74, 6) is -1.11. The van der Waals surface area contributed by atoms with Crippen molar-refractivity contribution in [3.05, 3.63) is 75.3 Å². The number of carbonyl (C=O) groups is 2. The fourth-order valence-electron chi connectivity index (χ4n) is 2.33. The molecular weight excluding hydrogens is 334 g/mol. The zero-order valence-electron chi connectivity index (χ0n) is 15.1. The number of aryl methyl sites for hydroxylation is 1. The minimum atomic E-state index is -0.735. The first-order chi connectivity index (χ1) is 12.1. The Morgan fingerprint density at radius 1 is 1.04 bits per heavy atom. The lowest BCUT2D eigenvalue weighted by molar-refractivity contribution is -0.385. The quantitative estimate of drug-likeness (QED) is 0.674. The molecule has 0 atom stereocenters. The van der Waals surface area contributed by atoms with Gasteiger partial charge in [0, 0.05) is 11.6 Å². The number of hydrazine groups is 1. The first kappa shape index (κ1) is 19.1. The zero-order chi connectivity index (χ0) is 19.5. The van der Waals surface area contributed by atoms with Gasteiger partial charge in [-0.3, -0.25) is 25.1 Å². The van der Waals surface area contributed by atoms with E-state index in [2.05, 4.69) is 5.43 Å². The maximum absolute atomic E-state index is 12.9. The van der Waals surface area contributed by atoms with Crippen molar-refractivity contribution in [3.8, 4) is 0 Å². The first-order valence-electron chi connectivity index (χ1n) is 8.07. The molecule has 0 heterocycles. The molecule has 2 amide bonds. The predicted octanol–water partition coefficient (Wildman–Crippen LogP) is 3.49. The molecule has 2 aromatic carbocycles. The number of hydrogen-bond donors (Lipinski definition) is 1. The normalized spacial score (nSPS) is 10.9. The third kappa shape index (κ3) is 4.24. The van der Waals surface area contributed by atoms with Crippen LogP contribution in [0.15, 0.2) is 48.5 Å². The van der Waals surface area contributed by atoms with Gasteiger partial charge in [0.1, 0.15) is 5.56 Å². The van der Waals surface area contributed by atoms with Gasteiger partial charge in [0.15, 0.2) is 0 Å². The van der Waals surface area contributed by atoms with Gasteiger partial charge < -0.3 is 0 Å². The minimum Gasteiger partial charge on any atom is -0.267 e. The maximum atomic E-state index is 12.9. The third-order valence-electron chi connectivity index (χ3n) is 3.73. The number of nitro groups is 1. The summed E-state index contributed by atoms with van der Waals surface area (Å²) in [6.45, 7) is 7.20. The van der Waals surface area contributed by atoms with Gasteiger partial charge in [-0.2, -0.15) is 0 Å². The second-order valence-electron chi connectivity index (χ2n) is 6.89. The number of nitrogens with one attached hydrogen (secondary N) is 1. The highest BCUT2D eigenvalue weighted by molar-refractivity contribution is 6.01. The van der Waals surface area contributed by atoms with Crippen molar-refractivity contribution in [2.45, 2.75) is 33.2 Å². The molecule has 7 nitrogen and oxygen atoms in total. The van der Waals surface area contributed by atoms with Crippen molar-refractivity contribution in [2.24, 2.45) is 0 Å². The van der Waals surface area contributed by atoms with E-state index in [1.54, 1.807) is 45.0 Å². The van der Waals surface area contributed by atoms with Crippen LogP contribution in [0, 0.1) is 17.0 Å². The number of amides is 2. The highest BCUT2D eigenvalue weighted by atomic mass is 16.6. The average molecular weight is 355 g/mol. The molecular formula is C19H21N3O4. The lowest BCUT2D eigenvalue weighted by Crippen LogP contribution is -2.55. The minimum absolute atomic E-state index is 0.108. The van der Waals surface area contributed by atoms with Gasteiger partial charge in [0.2, 0.25) is 0 Å². The van der Waals surface area contributed by atoms with Crippen molar-refractivity contribution in [1.29, 1.82) is 0 Å². The van der Waals surface area contributed by atoms with Crippen LogP contribution in [0.25, 0.3) is 0 Å². The summed E-state index contributed by atoms with van der Waals surface area (Å²) in [4.78, 5) is 36.0. The van der Waals surface area contributed by atoms with Crippen molar-refractivity contribution in [3.63, 3.8) is 0 Å². The van der Waals surface area contributed by atoms with Gasteiger partial charge >= 0.3 is 0 Å². The predicted molar refractivity (Wildman–Crippen MR) is 97.7 cm³/mol. The fourth-order valence-corrected chi connectivity index (χ4v) is 2.33. The SMILES string of the molecule is Cc1ccc(C(=O)N(NC(=O)c2ccccc2[N+](=O)[O-])C(C)(C)C)cc1. The standard InChI is InChI=1S/C19H21N3O4/c1-13-9-11-14(12-10-13)18(24)21(19(2,3)4)20-17(23)15-7-5-6-8-16(15)22(25)26/h5-12H,1-4H3,(H,20,23). The molecule has 0 radical (unpaired) electrons. The number of nitrogens with zero attached hydrogens (tertiary/aromatic N) is 2. The van der Waals surface area contributed by atoms with Crippen LogP contribution in [-0.4, -0.2) is 27.3 Å². The van der Waals surface area contributed by atoms with E-state index >= 15 is 0 Å². The number of benzene rings is 2. The summed E-state index contributed by atoms with van der Waals surface area (Å²) in [7, 11) is 0. The van der Waals surface area contributed by atoms with Crippen molar-refractivity contribution >= 4 is 17.5 Å². The molecule has 0 saturated heterocycles. The highest BCUT2D eigenvalue weighted by Crippen LogP contribution is 2.20. The summed E-state index contributed by atoms with van der Waals surface area (Å²) < 4.78 is 0. The molecule has 0 aliphatic carbocycles. The van der Waals surface area contributed by atoms with Gasteiger partial charge in [-0.1, -0.05) is 29.8 Å². The Morgan fingerprint density at radius 2 is 1.62 bits per heavy atom. The number of carbonyl (C=O) groups excluding carboxylic acids is 2. The summed E-state index contributed by atoms with van der Waals surface area (Å²) in [6, 6.07) is 12.6. The molecule has 0 aliphatic heterocycles. The Hall–Kier alpha value is -3.22. The lowest BCUT2D eigenvalue weighted by Gasteiger charge is -2.35. The summed E-state index contributed by atoms with van der Waals surface area (Å²) in [5, 5.41) is 12.3. The Morgan fingerprint density at radius 3 is 2.15 bits per heavy atom. The first-order valence-corrected chi connectivity index (χ1v) is 8.07. The molecule has 0 bridgehead atoms. The van der Waals surface area contributed by atoms with E-state index in [4.69, 9.17) is 0 Å². The Kier molecular flexibility index (Phi) is 5.40. The molecule has 0 spiro atoms. The fraction of sp³-hybridized carbons (Fsp3) is 0.263. The smallest absolute Gasteiger partial charge is 0.267 e. The third-order valence-corrected chi connectivity index (χ3v) is 3.73. The molecule has 0 aliphatic rings. The van der Waals surface area contributed by atoms with Gasteiger partial charge in [-0.15, -0.1) is 0 Å². The monoisotopic (exact) mass is 355 g/mol. The molecule has 1 N–H and O–H groups in total. The van der Waals surface area contributed by atoms with Crippen LogP contribution in [0.4, 0.5) is 5.69 Å². The zero-order valence-corrected chi connectivity index (χ0v) is 15.1. The highest BCUT2D eigenvalue weighted by Gasteiger charge is 2.31. The van der Waals surface area contributed by atoms with E-state index in [0.717, 1.165) is 5.56 Å². The van der Waals surface area contributed by atoms with Gasteiger partial charge in [-0.05, 0) is 45.9 Å². The van der Waals surface area contributed by atoms with Crippen molar-refractivity contribution < 1.29 is 14.5 Å². The van der Waals surface area contributed by atoms with E-state index in [0.29, 0.717) is 5.56 Å². The van der Waals surface area contributed by atoms with E-state index in [1.807, 2.05) is 6.92 Å². The molecule has 7 heteroatoms. The van der Waals surface area contributed by atoms with Crippen LogP contribution < -0.4 is 5.43 Å². The van der Waals surface area contributed by atoms with Gasteiger partial charge in [0.25, 0.3) is 17.5 Å². The topological polar surface area (TPSA) is 92.6 Å². The van der Waals surface area contributed by atoms with Crippen LogP contribution in [0.5, 0.6) is 0 Å². The lowest BCUT2D eigenvalue weighted by atomic mass is 10.1. The Labute approximate surface area is 151 Å². The number of rotatable bonds is 3. The molecule has 0 unspecified atom stereocenters. The molecule has 0 aromatic heterocycles. The summed E-state index contributed by atoms with van der Waals surface area (Å²) in [5.41, 5.74) is 2.78. The van der Waals surface area contributed by atoms with Crippen molar-refractivity contribution in [1.82, 2.24) is 10.4 Å². The summed E-state index contributed by atoms with van der Waals surface area (Å²) in [6.07, 6.45) is 0. The Balaban J connectivity index is 2.35. The number of nitro benzene ring substituents is 1. The van der Waals surface area contributed by atoms with E-state index in [1.165, 1.54) is 29.3 Å². The van der Waals surface area contributed by atoms with Crippen LogP contribution in [-0.2, 0) is 0 Å². The summed E-state index contributed by atoms with van der Waals surface area (Å²) >= 11 is 0. The Bertz CT molecular complexity index is 839. The second kappa shape index (κ2) is 7.35. The van der Waals surface area contributed by atoms with Crippen LogP contribution in [0.2, 0.25) is 0 Å². The largest absolute Gasteiger partial charge is 0.282 e. The average Bonchev–Trinajstić information content (AvgIpc) is 2.58. The molecule has 0 fully saturated rings. The molecule has 2 rings (SSSR count). The van der Waals surface area contributed by atoms with Crippen LogP contribution in [0.3, 0.4) is 0 Å². The number of para-hydroxylation sites is 1. The maximum Gasteiger partial charge on any atom is 0.282 e. The second-order valence-corrected chi connectivity index (χ2v) is 6.89. The van der Waals surface area contributed by atoms with Gasteiger partial charge in [-0.25, -0.2) is 5.01 Å².